The average molecular weight is 341 g/mol. The molecule has 0 aliphatic rings. The molecule has 0 heterocycles. The lowest BCUT2D eigenvalue weighted by molar-refractivity contribution is 0.104. The maximum atomic E-state index is 12.2. The highest BCUT2D eigenvalue weighted by Gasteiger charge is 2.01. The molecule has 3 heteroatoms. The van der Waals surface area contributed by atoms with Crippen molar-refractivity contribution >= 4 is 46.8 Å². The van der Waals surface area contributed by atoms with E-state index in [9.17, 15) is 4.79 Å². The third kappa shape index (κ3) is 4.25. The number of benzene rings is 3. The highest BCUT2D eigenvalue weighted by Crippen LogP contribution is 2.18. The summed E-state index contributed by atoms with van der Waals surface area (Å²) in [5.74, 6) is 0.0285. The second-order valence-corrected chi connectivity index (χ2v) is 5.91. The van der Waals surface area contributed by atoms with E-state index in [4.69, 9.17) is 0 Å². The average Bonchev–Trinajstić information content (AvgIpc) is 2.59. The molecule has 0 aliphatic heterocycles. The van der Waals surface area contributed by atoms with Crippen LogP contribution in [-0.2, 0) is 0 Å². The van der Waals surface area contributed by atoms with Crippen LogP contribution in [0.25, 0.3) is 16.8 Å². The number of allylic oxidation sites excluding steroid dienone is 1. The highest BCUT2D eigenvalue weighted by molar-refractivity contribution is 7.98. The maximum Gasteiger partial charge on any atom is 0.185 e. The minimum Gasteiger partial charge on any atom is -0.289 e. The Kier molecular flexibility index (Phi) is 6.03. The molecule has 3 aromatic rings. The van der Waals surface area contributed by atoms with Crippen LogP contribution in [0.4, 0.5) is 0 Å². The predicted octanol–water partition coefficient (Wildman–Crippen LogP) is 5.88. The van der Waals surface area contributed by atoms with Gasteiger partial charge in [-0.05, 0) is 59.0 Å². The van der Waals surface area contributed by atoms with Gasteiger partial charge in [-0.15, -0.1) is 24.2 Å². The van der Waals surface area contributed by atoms with Crippen molar-refractivity contribution in [3.8, 4) is 0 Å². The molecule has 0 spiro atoms. The molecular formula is C20H17ClOS. The molecule has 23 heavy (non-hydrogen) atoms. The number of hydrogen-bond donors (Lipinski definition) is 0. The molecule has 0 saturated heterocycles. The summed E-state index contributed by atoms with van der Waals surface area (Å²) in [6, 6.07) is 22.1. The van der Waals surface area contributed by atoms with Gasteiger partial charge in [0.2, 0.25) is 0 Å². The number of halogens is 1. The molecular weight excluding hydrogens is 324 g/mol. The van der Waals surface area contributed by atoms with E-state index in [1.54, 1.807) is 17.8 Å². The number of hydrogen-bond acceptors (Lipinski definition) is 2. The smallest absolute Gasteiger partial charge is 0.185 e. The monoisotopic (exact) mass is 340 g/mol. The van der Waals surface area contributed by atoms with Gasteiger partial charge in [0.15, 0.2) is 5.78 Å². The molecule has 1 nitrogen and oxygen atoms in total. The molecule has 0 amide bonds. The molecule has 0 fully saturated rings. The van der Waals surface area contributed by atoms with Crippen LogP contribution < -0.4 is 0 Å². The van der Waals surface area contributed by atoms with Crippen molar-refractivity contribution in [1.29, 1.82) is 0 Å². The minimum atomic E-state index is 0. The van der Waals surface area contributed by atoms with Gasteiger partial charge in [0.25, 0.3) is 0 Å². The van der Waals surface area contributed by atoms with Crippen molar-refractivity contribution in [2.24, 2.45) is 0 Å². The zero-order valence-corrected chi connectivity index (χ0v) is 14.4. The lowest BCUT2D eigenvalue weighted by Crippen LogP contribution is -1.93. The van der Waals surface area contributed by atoms with Gasteiger partial charge in [0.05, 0.1) is 0 Å². The van der Waals surface area contributed by atoms with E-state index in [2.05, 4.69) is 24.3 Å². The fraction of sp³-hybridized carbons (Fsp3) is 0.0500. The zero-order valence-electron chi connectivity index (χ0n) is 12.7. The fourth-order valence-corrected chi connectivity index (χ4v) is 2.74. The molecule has 3 aromatic carbocycles. The van der Waals surface area contributed by atoms with Gasteiger partial charge in [-0.1, -0.05) is 42.5 Å². The number of fused-ring (bicyclic) bond motifs is 1. The summed E-state index contributed by atoms with van der Waals surface area (Å²) >= 11 is 1.67. The SMILES string of the molecule is CSc1ccc(C(=O)/C=C/c2ccc3ccccc3c2)cc1.Cl. The van der Waals surface area contributed by atoms with E-state index in [0.29, 0.717) is 0 Å². The quantitative estimate of drug-likeness (QED) is 0.335. The van der Waals surface area contributed by atoms with Gasteiger partial charge in [0.1, 0.15) is 0 Å². The van der Waals surface area contributed by atoms with E-state index in [1.165, 1.54) is 10.8 Å². The zero-order chi connectivity index (χ0) is 15.4. The van der Waals surface area contributed by atoms with Crippen LogP contribution in [0, 0.1) is 0 Å². The second kappa shape index (κ2) is 8.00. The third-order valence-electron chi connectivity index (χ3n) is 3.58. The highest BCUT2D eigenvalue weighted by atomic mass is 35.5. The molecule has 0 saturated carbocycles. The van der Waals surface area contributed by atoms with Gasteiger partial charge in [0, 0.05) is 10.5 Å². The molecule has 0 N–H and O–H groups in total. The molecule has 0 radical (unpaired) electrons. The van der Waals surface area contributed by atoms with Crippen LogP contribution in [0.15, 0.2) is 77.7 Å². The van der Waals surface area contributed by atoms with Gasteiger partial charge in [-0.2, -0.15) is 0 Å². The Morgan fingerprint density at radius 2 is 1.61 bits per heavy atom. The summed E-state index contributed by atoms with van der Waals surface area (Å²) in [5, 5.41) is 2.39. The van der Waals surface area contributed by atoms with Crippen molar-refractivity contribution in [1.82, 2.24) is 0 Å². The molecule has 0 bridgehead atoms. The van der Waals surface area contributed by atoms with Crippen LogP contribution in [0.5, 0.6) is 0 Å². The van der Waals surface area contributed by atoms with Crippen LogP contribution in [0.2, 0.25) is 0 Å². The van der Waals surface area contributed by atoms with Crippen LogP contribution in [-0.4, -0.2) is 12.0 Å². The fourth-order valence-electron chi connectivity index (χ4n) is 2.33. The lowest BCUT2D eigenvalue weighted by atomic mass is 10.1. The number of carbonyl (C=O) groups is 1. The second-order valence-electron chi connectivity index (χ2n) is 5.03. The summed E-state index contributed by atoms with van der Waals surface area (Å²) < 4.78 is 0. The van der Waals surface area contributed by atoms with Crippen molar-refractivity contribution in [2.75, 3.05) is 6.26 Å². The third-order valence-corrected chi connectivity index (χ3v) is 4.32. The molecule has 116 valence electrons. The first kappa shape index (κ1) is 17.3. The van der Waals surface area contributed by atoms with Gasteiger partial charge < -0.3 is 0 Å². The van der Waals surface area contributed by atoms with Crippen molar-refractivity contribution in [3.63, 3.8) is 0 Å². The number of rotatable bonds is 4. The van der Waals surface area contributed by atoms with Gasteiger partial charge in [-0.3, -0.25) is 4.79 Å². The van der Waals surface area contributed by atoms with Gasteiger partial charge in [-0.25, -0.2) is 0 Å². The van der Waals surface area contributed by atoms with Crippen LogP contribution in [0.3, 0.4) is 0 Å². The Balaban J connectivity index is 0.00000192. The van der Waals surface area contributed by atoms with Crippen molar-refractivity contribution < 1.29 is 4.79 Å². The number of ketones is 1. The predicted molar refractivity (Wildman–Crippen MR) is 103 cm³/mol. The number of thioether (sulfide) groups is 1. The normalized spacial score (nSPS) is 10.7. The lowest BCUT2D eigenvalue weighted by Gasteiger charge is -2.00. The Hall–Kier alpha value is -2.03. The van der Waals surface area contributed by atoms with Gasteiger partial charge >= 0.3 is 0 Å². The van der Waals surface area contributed by atoms with E-state index < -0.39 is 0 Å². The van der Waals surface area contributed by atoms with E-state index in [0.717, 1.165) is 16.0 Å². The van der Waals surface area contributed by atoms with E-state index in [-0.39, 0.29) is 18.2 Å². The molecule has 0 unspecified atom stereocenters. The first-order valence-electron chi connectivity index (χ1n) is 7.11. The van der Waals surface area contributed by atoms with Crippen molar-refractivity contribution in [3.05, 3.63) is 83.9 Å². The largest absolute Gasteiger partial charge is 0.289 e. The first-order valence-corrected chi connectivity index (χ1v) is 8.34. The topological polar surface area (TPSA) is 17.1 Å². The molecule has 0 aliphatic carbocycles. The molecule has 0 aromatic heterocycles. The Labute approximate surface area is 146 Å². The maximum absolute atomic E-state index is 12.2. The molecule has 0 atom stereocenters. The van der Waals surface area contributed by atoms with Crippen molar-refractivity contribution in [2.45, 2.75) is 4.90 Å². The first-order chi connectivity index (χ1) is 10.8. The summed E-state index contributed by atoms with van der Waals surface area (Å²) in [7, 11) is 0. The number of carbonyl (C=O) groups excluding carboxylic acids is 1. The minimum absolute atomic E-state index is 0. The Bertz CT molecular complexity index is 838. The molecule has 3 rings (SSSR count). The van der Waals surface area contributed by atoms with E-state index in [1.807, 2.05) is 54.8 Å². The summed E-state index contributed by atoms with van der Waals surface area (Å²) in [6.45, 7) is 0. The van der Waals surface area contributed by atoms with E-state index >= 15 is 0 Å². The van der Waals surface area contributed by atoms with Crippen LogP contribution >= 0.6 is 24.2 Å². The summed E-state index contributed by atoms with van der Waals surface area (Å²) in [5.41, 5.74) is 1.75. The summed E-state index contributed by atoms with van der Waals surface area (Å²) in [4.78, 5) is 13.3. The summed E-state index contributed by atoms with van der Waals surface area (Å²) in [6.07, 6.45) is 5.53. The standard InChI is InChI=1S/C20H16OS.ClH/c1-22-19-11-9-17(10-12-19)20(21)13-7-15-6-8-16-4-2-3-5-18(16)14-15;/h2-14H,1H3;1H/b13-7+;. The Morgan fingerprint density at radius 3 is 2.30 bits per heavy atom. The Morgan fingerprint density at radius 1 is 0.913 bits per heavy atom. The van der Waals surface area contributed by atoms with Crippen LogP contribution in [0.1, 0.15) is 15.9 Å².